The summed E-state index contributed by atoms with van der Waals surface area (Å²) >= 11 is 1.67. The van der Waals surface area contributed by atoms with Gasteiger partial charge in [-0.15, -0.1) is 11.8 Å². The van der Waals surface area contributed by atoms with E-state index in [0.717, 1.165) is 19.3 Å². The molecule has 6 heteroatoms. The molecule has 1 aromatic carbocycles. The molecule has 1 aliphatic heterocycles. The molecule has 1 amide bonds. The molecule has 1 aliphatic carbocycles. The Kier molecular flexibility index (Phi) is 4.78. The number of sulfone groups is 1. The molecule has 1 heterocycles. The Hall–Kier alpha value is -1.01. The van der Waals surface area contributed by atoms with Crippen LogP contribution in [0.1, 0.15) is 35.6 Å². The van der Waals surface area contributed by atoms with E-state index < -0.39 is 9.84 Å². The van der Waals surface area contributed by atoms with Gasteiger partial charge in [0.2, 0.25) is 5.91 Å². The summed E-state index contributed by atoms with van der Waals surface area (Å²) < 4.78 is 22.8. The van der Waals surface area contributed by atoms with Crippen LogP contribution in [0.4, 0.5) is 0 Å². The van der Waals surface area contributed by atoms with E-state index in [-0.39, 0.29) is 23.5 Å². The first-order chi connectivity index (χ1) is 10.5. The SMILES string of the molecule is O=C(CSC1CCCc2ccccc21)NC1CCS(=O)(=O)C1. The number of carbonyl (C=O) groups excluding carboxylic acids is 1. The first-order valence-electron chi connectivity index (χ1n) is 7.73. The van der Waals surface area contributed by atoms with Crippen molar-refractivity contribution in [2.75, 3.05) is 17.3 Å². The monoisotopic (exact) mass is 339 g/mol. The van der Waals surface area contributed by atoms with Gasteiger partial charge in [-0.05, 0) is 36.8 Å². The number of nitrogens with one attached hydrogen (secondary N) is 1. The van der Waals surface area contributed by atoms with Crippen molar-refractivity contribution in [3.8, 4) is 0 Å². The Bertz CT molecular complexity index is 657. The molecule has 2 atom stereocenters. The Morgan fingerprint density at radius 1 is 1.27 bits per heavy atom. The van der Waals surface area contributed by atoms with Crippen LogP contribution in [0.15, 0.2) is 24.3 Å². The van der Waals surface area contributed by atoms with Crippen LogP contribution < -0.4 is 5.32 Å². The molecule has 2 aliphatic rings. The Balaban J connectivity index is 1.52. The average Bonchev–Trinajstić information content (AvgIpc) is 2.84. The second-order valence-electron chi connectivity index (χ2n) is 6.06. The molecule has 4 nitrogen and oxygen atoms in total. The summed E-state index contributed by atoms with van der Waals surface area (Å²) in [5, 5.41) is 3.24. The Morgan fingerprint density at radius 2 is 2.09 bits per heavy atom. The third kappa shape index (κ3) is 3.84. The smallest absolute Gasteiger partial charge is 0.230 e. The normalized spacial score (nSPS) is 26.4. The van der Waals surface area contributed by atoms with Gasteiger partial charge in [0.05, 0.1) is 17.3 Å². The molecule has 3 rings (SSSR count). The van der Waals surface area contributed by atoms with Gasteiger partial charge in [-0.1, -0.05) is 24.3 Å². The van der Waals surface area contributed by atoms with Gasteiger partial charge in [-0.2, -0.15) is 0 Å². The fourth-order valence-electron chi connectivity index (χ4n) is 3.24. The second kappa shape index (κ2) is 6.62. The first kappa shape index (κ1) is 15.9. The van der Waals surface area contributed by atoms with Crippen molar-refractivity contribution in [2.45, 2.75) is 37.0 Å². The molecule has 2 unspecified atom stereocenters. The zero-order valence-electron chi connectivity index (χ0n) is 12.5. The van der Waals surface area contributed by atoms with Gasteiger partial charge in [-0.25, -0.2) is 8.42 Å². The fourth-order valence-corrected chi connectivity index (χ4v) is 6.09. The lowest BCUT2D eigenvalue weighted by Crippen LogP contribution is -2.36. The zero-order chi connectivity index (χ0) is 15.6. The van der Waals surface area contributed by atoms with Crippen LogP contribution in [0.5, 0.6) is 0 Å². The highest BCUT2D eigenvalue weighted by atomic mass is 32.2. The van der Waals surface area contributed by atoms with E-state index in [0.29, 0.717) is 17.4 Å². The van der Waals surface area contributed by atoms with Crippen LogP contribution in [0.2, 0.25) is 0 Å². The van der Waals surface area contributed by atoms with Gasteiger partial charge >= 0.3 is 0 Å². The van der Waals surface area contributed by atoms with Crippen molar-refractivity contribution < 1.29 is 13.2 Å². The lowest BCUT2D eigenvalue weighted by atomic mass is 9.91. The maximum absolute atomic E-state index is 12.0. The summed E-state index contributed by atoms with van der Waals surface area (Å²) in [6.45, 7) is 0. The third-order valence-electron chi connectivity index (χ3n) is 4.33. The minimum atomic E-state index is -2.94. The predicted octanol–water partition coefficient (Wildman–Crippen LogP) is 2.10. The van der Waals surface area contributed by atoms with Crippen molar-refractivity contribution in [3.63, 3.8) is 0 Å². The van der Waals surface area contributed by atoms with Crippen molar-refractivity contribution >= 4 is 27.5 Å². The van der Waals surface area contributed by atoms with E-state index in [9.17, 15) is 13.2 Å². The zero-order valence-corrected chi connectivity index (χ0v) is 14.1. The number of thioether (sulfide) groups is 1. The summed E-state index contributed by atoms with van der Waals surface area (Å²) in [6.07, 6.45) is 3.94. The Morgan fingerprint density at radius 3 is 2.86 bits per heavy atom. The number of benzene rings is 1. The molecule has 0 spiro atoms. The van der Waals surface area contributed by atoms with Crippen molar-refractivity contribution in [1.29, 1.82) is 0 Å². The minimum Gasteiger partial charge on any atom is -0.352 e. The van der Waals surface area contributed by atoms with Gasteiger partial charge in [0.15, 0.2) is 9.84 Å². The Labute approximate surface area is 136 Å². The van der Waals surface area contributed by atoms with E-state index in [1.165, 1.54) is 11.1 Å². The van der Waals surface area contributed by atoms with E-state index in [4.69, 9.17) is 0 Å². The molecule has 0 bridgehead atoms. The summed E-state index contributed by atoms with van der Waals surface area (Å²) in [6, 6.07) is 8.26. The lowest BCUT2D eigenvalue weighted by molar-refractivity contribution is -0.119. The minimum absolute atomic E-state index is 0.0462. The molecule has 0 aromatic heterocycles. The predicted molar refractivity (Wildman–Crippen MR) is 89.8 cm³/mol. The largest absolute Gasteiger partial charge is 0.352 e. The number of fused-ring (bicyclic) bond motifs is 1. The van der Waals surface area contributed by atoms with E-state index >= 15 is 0 Å². The van der Waals surface area contributed by atoms with Gasteiger partial charge in [-0.3, -0.25) is 4.79 Å². The van der Waals surface area contributed by atoms with Crippen molar-refractivity contribution in [3.05, 3.63) is 35.4 Å². The standard InChI is InChI=1S/C16H21NO3S2/c18-16(17-13-8-9-22(19,20)11-13)10-21-15-7-3-5-12-4-1-2-6-14(12)15/h1-2,4,6,13,15H,3,5,7-11H2,(H,17,18). The highest BCUT2D eigenvalue weighted by Crippen LogP contribution is 2.39. The topological polar surface area (TPSA) is 63.2 Å². The molecule has 0 radical (unpaired) electrons. The first-order valence-corrected chi connectivity index (χ1v) is 10.6. The van der Waals surface area contributed by atoms with E-state index in [1.54, 1.807) is 11.8 Å². The fraction of sp³-hybridized carbons (Fsp3) is 0.562. The number of hydrogen-bond donors (Lipinski definition) is 1. The average molecular weight is 339 g/mol. The third-order valence-corrected chi connectivity index (χ3v) is 7.42. The second-order valence-corrected chi connectivity index (χ2v) is 9.48. The van der Waals surface area contributed by atoms with Crippen LogP contribution in [0, 0.1) is 0 Å². The van der Waals surface area contributed by atoms with Gasteiger partial charge in [0.1, 0.15) is 0 Å². The lowest BCUT2D eigenvalue weighted by Gasteiger charge is -2.25. The molecular formula is C16H21NO3S2. The van der Waals surface area contributed by atoms with Crippen LogP contribution in [0.3, 0.4) is 0 Å². The number of amides is 1. The van der Waals surface area contributed by atoms with E-state index in [1.807, 2.05) is 0 Å². The summed E-state index contributed by atoms with van der Waals surface area (Å²) in [5.41, 5.74) is 2.75. The molecule has 0 saturated carbocycles. The quantitative estimate of drug-likeness (QED) is 0.912. The summed E-state index contributed by atoms with van der Waals surface area (Å²) in [7, 11) is -2.94. The number of hydrogen-bond acceptors (Lipinski definition) is 4. The number of carbonyl (C=O) groups is 1. The maximum atomic E-state index is 12.0. The molecule has 1 fully saturated rings. The number of rotatable bonds is 4. The summed E-state index contributed by atoms with van der Waals surface area (Å²) in [5.74, 6) is 0.641. The molecule has 1 aromatic rings. The van der Waals surface area contributed by atoms with Crippen LogP contribution in [0.25, 0.3) is 0 Å². The molecule has 1 N–H and O–H groups in total. The van der Waals surface area contributed by atoms with Crippen LogP contribution in [-0.2, 0) is 21.1 Å². The van der Waals surface area contributed by atoms with Crippen molar-refractivity contribution in [1.82, 2.24) is 5.32 Å². The van der Waals surface area contributed by atoms with Crippen LogP contribution in [-0.4, -0.2) is 37.6 Å². The van der Waals surface area contributed by atoms with Gasteiger partial charge in [0.25, 0.3) is 0 Å². The van der Waals surface area contributed by atoms with Crippen LogP contribution >= 0.6 is 11.8 Å². The number of aryl methyl sites for hydroxylation is 1. The van der Waals surface area contributed by atoms with Crippen molar-refractivity contribution in [2.24, 2.45) is 0 Å². The maximum Gasteiger partial charge on any atom is 0.230 e. The molecule has 22 heavy (non-hydrogen) atoms. The highest BCUT2D eigenvalue weighted by Gasteiger charge is 2.29. The summed E-state index contributed by atoms with van der Waals surface area (Å²) in [4.78, 5) is 12.0. The molecule has 120 valence electrons. The highest BCUT2D eigenvalue weighted by molar-refractivity contribution is 8.00. The van der Waals surface area contributed by atoms with Gasteiger partial charge < -0.3 is 5.32 Å². The van der Waals surface area contributed by atoms with E-state index in [2.05, 4.69) is 29.6 Å². The molecule has 1 saturated heterocycles. The van der Waals surface area contributed by atoms with Gasteiger partial charge in [0, 0.05) is 11.3 Å². The molecular weight excluding hydrogens is 318 g/mol.